The van der Waals surface area contributed by atoms with Gasteiger partial charge in [0, 0.05) is 11.6 Å². The predicted molar refractivity (Wildman–Crippen MR) is 88.8 cm³/mol. The molecule has 0 N–H and O–H groups in total. The zero-order valence-electron chi connectivity index (χ0n) is 11.7. The highest BCUT2D eigenvalue weighted by Crippen LogP contribution is 2.28. The van der Waals surface area contributed by atoms with Crippen LogP contribution < -0.4 is 4.74 Å². The Kier molecular flexibility index (Phi) is 4.22. The highest BCUT2D eigenvalue weighted by Gasteiger charge is 2.03. The molecule has 3 rings (SSSR count). The molecule has 0 saturated carbocycles. The Morgan fingerprint density at radius 3 is 2.05 bits per heavy atom. The molecule has 22 heavy (non-hydrogen) atoms. The molecule has 0 aliphatic rings. The molecule has 2 nitrogen and oxygen atoms in total. The minimum atomic E-state index is 0.383. The van der Waals surface area contributed by atoms with Gasteiger partial charge in [-0.1, -0.05) is 54.1 Å². The lowest BCUT2D eigenvalue weighted by atomic mass is 10.1. The highest BCUT2D eigenvalue weighted by molar-refractivity contribution is 6.33. The predicted octanol–water partition coefficient (Wildman–Crippen LogP) is 5.61. The van der Waals surface area contributed by atoms with Crippen molar-refractivity contribution in [2.45, 2.75) is 0 Å². The van der Waals surface area contributed by atoms with Gasteiger partial charge in [-0.25, -0.2) is 0 Å². The summed E-state index contributed by atoms with van der Waals surface area (Å²) in [4.78, 5) is 10.7. The SMILES string of the molecule is O=Cc1ccc(Oc2ccc(-c3ccccc3)cc2)cc1Cl. The van der Waals surface area contributed by atoms with E-state index in [-0.39, 0.29) is 0 Å². The molecular weight excluding hydrogens is 296 g/mol. The minimum Gasteiger partial charge on any atom is -0.457 e. The Balaban J connectivity index is 1.79. The third-order valence-electron chi connectivity index (χ3n) is 3.30. The molecule has 0 amide bonds. The molecule has 3 aromatic carbocycles. The maximum absolute atomic E-state index is 10.7. The molecular formula is C19H13ClO2. The van der Waals surface area contributed by atoms with Crippen molar-refractivity contribution in [2.24, 2.45) is 0 Å². The van der Waals surface area contributed by atoms with Gasteiger partial charge in [-0.15, -0.1) is 0 Å². The van der Waals surface area contributed by atoms with E-state index in [2.05, 4.69) is 12.1 Å². The zero-order chi connectivity index (χ0) is 15.4. The largest absolute Gasteiger partial charge is 0.457 e. The van der Waals surface area contributed by atoms with Gasteiger partial charge in [-0.2, -0.15) is 0 Å². The van der Waals surface area contributed by atoms with Crippen LogP contribution in [0.2, 0.25) is 5.02 Å². The Labute approximate surface area is 133 Å². The van der Waals surface area contributed by atoms with Crippen molar-refractivity contribution in [3.63, 3.8) is 0 Å². The van der Waals surface area contributed by atoms with E-state index in [1.165, 1.54) is 0 Å². The number of carbonyl (C=O) groups is 1. The Hall–Kier alpha value is -2.58. The summed E-state index contributed by atoms with van der Waals surface area (Å²) in [5.41, 5.74) is 2.74. The molecule has 0 aliphatic carbocycles. The van der Waals surface area contributed by atoms with Crippen molar-refractivity contribution in [2.75, 3.05) is 0 Å². The Morgan fingerprint density at radius 2 is 1.41 bits per heavy atom. The van der Waals surface area contributed by atoms with E-state index in [0.29, 0.717) is 16.3 Å². The lowest BCUT2D eigenvalue weighted by Crippen LogP contribution is -1.87. The molecule has 0 fully saturated rings. The molecule has 0 radical (unpaired) electrons. The number of hydrogen-bond donors (Lipinski definition) is 0. The molecule has 0 saturated heterocycles. The molecule has 3 aromatic rings. The Morgan fingerprint density at radius 1 is 0.773 bits per heavy atom. The first-order valence-electron chi connectivity index (χ1n) is 6.84. The molecule has 108 valence electrons. The van der Waals surface area contributed by atoms with E-state index in [4.69, 9.17) is 16.3 Å². The first-order chi connectivity index (χ1) is 10.8. The van der Waals surface area contributed by atoms with Crippen LogP contribution >= 0.6 is 11.6 Å². The molecule has 0 aromatic heterocycles. The molecule has 0 heterocycles. The van der Waals surface area contributed by atoms with E-state index in [0.717, 1.165) is 23.2 Å². The number of rotatable bonds is 4. The van der Waals surface area contributed by atoms with Gasteiger partial charge in [-0.3, -0.25) is 4.79 Å². The second kappa shape index (κ2) is 6.46. The van der Waals surface area contributed by atoms with E-state index in [9.17, 15) is 4.79 Å². The van der Waals surface area contributed by atoms with E-state index in [1.807, 2.05) is 42.5 Å². The van der Waals surface area contributed by atoms with Crippen LogP contribution in [0.25, 0.3) is 11.1 Å². The van der Waals surface area contributed by atoms with Gasteiger partial charge in [0.05, 0.1) is 5.02 Å². The lowest BCUT2D eigenvalue weighted by Gasteiger charge is -2.08. The standard InChI is InChI=1S/C19H13ClO2/c20-19-12-18(11-8-16(19)13-21)22-17-9-6-15(7-10-17)14-4-2-1-3-5-14/h1-13H. The van der Waals surface area contributed by atoms with Crippen LogP contribution in [0.5, 0.6) is 11.5 Å². The van der Waals surface area contributed by atoms with E-state index >= 15 is 0 Å². The number of aldehydes is 1. The van der Waals surface area contributed by atoms with Crippen LogP contribution in [0.3, 0.4) is 0 Å². The van der Waals surface area contributed by atoms with Gasteiger partial charge >= 0.3 is 0 Å². The van der Waals surface area contributed by atoms with Crippen molar-refractivity contribution in [1.29, 1.82) is 0 Å². The van der Waals surface area contributed by atoms with Gasteiger partial charge < -0.3 is 4.74 Å². The van der Waals surface area contributed by atoms with Gasteiger partial charge in [0.1, 0.15) is 11.5 Å². The fraction of sp³-hybridized carbons (Fsp3) is 0. The monoisotopic (exact) mass is 308 g/mol. The van der Waals surface area contributed by atoms with Gasteiger partial charge in [-0.05, 0) is 35.4 Å². The minimum absolute atomic E-state index is 0.383. The molecule has 0 atom stereocenters. The van der Waals surface area contributed by atoms with Crippen molar-refractivity contribution in [1.82, 2.24) is 0 Å². The number of benzene rings is 3. The summed E-state index contributed by atoms with van der Waals surface area (Å²) in [5.74, 6) is 1.32. The van der Waals surface area contributed by atoms with Crippen molar-refractivity contribution in [3.8, 4) is 22.6 Å². The second-order valence-corrected chi connectivity index (χ2v) is 5.20. The van der Waals surface area contributed by atoms with Crippen LogP contribution in [-0.4, -0.2) is 6.29 Å². The van der Waals surface area contributed by atoms with Crippen LogP contribution in [0.1, 0.15) is 10.4 Å². The maximum atomic E-state index is 10.7. The fourth-order valence-corrected chi connectivity index (χ4v) is 2.36. The molecule has 0 unspecified atom stereocenters. The van der Waals surface area contributed by atoms with Crippen LogP contribution in [0.15, 0.2) is 72.8 Å². The van der Waals surface area contributed by atoms with Crippen molar-refractivity contribution in [3.05, 3.63) is 83.4 Å². The van der Waals surface area contributed by atoms with E-state index in [1.54, 1.807) is 18.2 Å². The molecule has 0 bridgehead atoms. The first-order valence-corrected chi connectivity index (χ1v) is 7.22. The van der Waals surface area contributed by atoms with Crippen LogP contribution in [0, 0.1) is 0 Å². The van der Waals surface area contributed by atoms with E-state index < -0.39 is 0 Å². The lowest BCUT2D eigenvalue weighted by molar-refractivity contribution is 0.112. The number of carbonyl (C=O) groups excluding carboxylic acids is 1. The second-order valence-electron chi connectivity index (χ2n) is 4.79. The number of ether oxygens (including phenoxy) is 1. The summed E-state index contributed by atoms with van der Waals surface area (Å²) >= 11 is 5.99. The summed E-state index contributed by atoms with van der Waals surface area (Å²) < 4.78 is 5.75. The van der Waals surface area contributed by atoms with Crippen LogP contribution in [-0.2, 0) is 0 Å². The smallest absolute Gasteiger partial charge is 0.151 e. The summed E-state index contributed by atoms with van der Waals surface area (Å²) in [6.45, 7) is 0. The summed E-state index contributed by atoms with van der Waals surface area (Å²) in [6, 6.07) is 23.0. The average molecular weight is 309 g/mol. The highest BCUT2D eigenvalue weighted by atomic mass is 35.5. The summed E-state index contributed by atoms with van der Waals surface area (Å²) in [5, 5.41) is 0.383. The van der Waals surface area contributed by atoms with Crippen molar-refractivity contribution >= 4 is 17.9 Å². The quantitative estimate of drug-likeness (QED) is 0.585. The fourth-order valence-electron chi connectivity index (χ4n) is 2.15. The average Bonchev–Trinajstić information content (AvgIpc) is 2.57. The molecule has 0 spiro atoms. The third-order valence-corrected chi connectivity index (χ3v) is 3.62. The number of halogens is 1. The van der Waals surface area contributed by atoms with Gasteiger partial charge in [0.15, 0.2) is 6.29 Å². The summed E-state index contributed by atoms with van der Waals surface area (Å²) in [7, 11) is 0. The summed E-state index contributed by atoms with van der Waals surface area (Å²) in [6.07, 6.45) is 0.723. The first kappa shape index (κ1) is 14.4. The van der Waals surface area contributed by atoms with Gasteiger partial charge in [0.25, 0.3) is 0 Å². The van der Waals surface area contributed by atoms with Crippen LogP contribution in [0.4, 0.5) is 0 Å². The zero-order valence-corrected chi connectivity index (χ0v) is 12.5. The topological polar surface area (TPSA) is 26.3 Å². The normalized spacial score (nSPS) is 10.2. The van der Waals surface area contributed by atoms with Crippen molar-refractivity contribution < 1.29 is 9.53 Å². The molecule has 3 heteroatoms. The molecule has 0 aliphatic heterocycles. The number of hydrogen-bond acceptors (Lipinski definition) is 2. The maximum Gasteiger partial charge on any atom is 0.151 e. The van der Waals surface area contributed by atoms with Gasteiger partial charge in [0.2, 0.25) is 0 Å². The Bertz CT molecular complexity index is 780. The third kappa shape index (κ3) is 3.18.